The van der Waals surface area contributed by atoms with Crippen LogP contribution < -0.4 is 5.32 Å². The second kappa shape index (κ2) is 6.85. The van der Waals surface area contributed by atoms with Crippen molar-refractivity contribution >= 4 is 6.09 Å². The van der Waals surface area contributed by atoms with E-state index in [1.807, 2.05) is 37.3 Å². The van der Waals surface area contributed by atoms with Crippen LogP contribution in [-0.4, -0.2) is 23.8 Å². The van der Waals surface area contributed by atoms with Crippen LogP contribution >= 0.6 is 0 Å². The summed E-state index contributed by atoms with van der Waals surface area (Å²) in [5.74, 6) is 0. The summed E-state index contributed by atoms with van der Waals surface area (Å²) < 4.78 is 5.00. The lowest BCUT2D eigenvalue weighted by Gasteiger charge is -2.13. The highest BCUT2D eigenvalue weighted by Gasteiger charge is 2.09. The summed E-state index contributed by atoms with van der Waals surface area (Å²) in [5, 5.41) is 11.5. The zero-order valence-electron chi connectivity index (χ0n) is 9.35. The molecule has 0 unspecified atom stereocenters. The van der Waals surface area contributed by atoms with Gasteiger partial charge in [0.15, 0.2) is 0 Å². The second-order valence-electron chi connectivity index (χ2n) is 3.49. The number of ether oxygens (including phenoxy) is 1. The number of aliphatic hydroxyl groups is 1. The van der Waals surface area contributed by atoms with Gasteiger partial charge in [0.2, 0.25) is 0 Å². The smallest absolute Gasteiger partial charge is 0.407 e. The molecule has 1 rings (SSSR count). The number of carbonyl (C=O) groups is 1. The molecular formula is C12H17NO3. The monoisotopic (exact) mass is 223 g/mol. The number of carbonyl (C=O) groups excluding carboxylic acids is 1. The van der Waals surface area contributed by atoms with Gasteiger partial charge in [0, 0.05) is 0 Å². The van der Waals surface area contributed by atoms with Crippen LogP contribution in [-0.2, 0) is 11.3 Å². The molecule has 4 nitrogen and oxygen atoms in total. The van der Waals surface area contributed by atoms with Crippen molar-refractivity contribution in [2.75, 3.05) is 6.61 Å². The Hall–Kier alpha value is -1.55. The topological polar surface area (TPSA) is 58.6 Å². The van der Waals surface area contributed by atoms with Crippen LogP contribution in [0.15, 0.2) is 30.3 Å². The third kappa shape index (κ3) is 4.31. The van der Waals surface area contributed by atoms with Crippen molar-refractivity contribution in [2.24, 2.45) is 0 Å². The van der Waals surface area contributed by atoms with E-state index in [2.05, 4.69) is 5.32 Å². The van der Waals surface area contributed by atoms with Crippen LogP contribution in [0.1, 0.15) is 18.9 Å². The highest BCUT2D eigenvalue weighted by molar-refractivity contribution is 5.67. The molecule has 0 aliphatic carbocycles. The van der Waals surface area contributed by atoms with Crippen molar-refractivity contribution in [1.29, 1.82) is 0 Å². The number of hydrogen-bond acceptors (Lipinski definition) is 3. The quantitative estimate of drug-likeness (QED) is 0.798. The molecule has 16 heavy (non-hydrogen) atoms. The van der Waals surface area contributed by atoms with Crippen LogP contribution in [0.4, 0.5) is 4.79 Å². The zero-order valence-corrected chi connectivity index (χ0v) is 9.35. The Kier molecular flexibility index (Phi) is 5.36. The van der Waals surface area contributed by atoms with E-state index in [0.29, 0.717) is 6.42 Å². The average molecular weight is 223 g/mol. The van der Waals surface area contributed by atoms with E-state index in [4.69, 9.17) is 9.84 Å². The van der Waals surface area contributed by atoms with E-state index < -0.39 is 6.09 Å². The van der Waals surface area contributed by atoms with Crippen molar-refractivity contribution in [1.82, 2.24) is 5.32 Å². The average Bonchev–Trinajstić information content (AvgIpc) is 2.34. The van der Waals surface area contributed by atoms with Gasteiger partial charge in [0.1, 0.15) is 6.61 Å². The molecule has 0 saturated carbocycles. The fourth-order valence-corrected chi connectivity index (χ4v) is 1.21. The van der Waals surface area contributed by atoms with Crippen molar-refractivity contribution in [3.8, 4) is 0 Å². The summed E-state index contributed by atoms with van der Waals surface area (Å²) in [6.07, 6.45) is 0.182. The van der Waals surface area contributed by atoms with Gasteiger partial charge in [-0.1, -0.05) is 37.3 Å². The Morgan fingerprint density at radius 2 is 2.12 bits per heavy atom. The maximum absolute atomic E-state index is 11.3. The minimum Gasteiger partial charge on any atom is -0.445 e. The largest absolute Gasteiger partial charge is 0.445 e. The lowest BCUT2D eigenvalue weighted by atomic mass is 10.2. The lowest BCUT2D eigenvalue weighted by molar-refractivity contribution is 0.128. The molecule has 0 aliphatic heterocycles. The van der Waals surface area contributed by atoms with Gasteiger partial charge in [-0.2, -0.15) is 0 Å². The summed E-state index contributed by atoms with van der Waals surface area (Å²) in [7, 11) is 0. The fourth-order valence-electron chi connectivity index (χ4n) is 1.21. The molecule has 0 spiro atoms. The molecule has 0 saturated heterocycles. The molecule has 0 aliphatic rings. The number of amides is 1. The number of aliphatic hydroxyl groups excluding tert-OH is 1. The summed E-state index contributed by atoms with van der Waals surface area (Å²) in [6.45, 7) is 2.06. The van der Waals surface area contributed by atoms with Gasteiger partial charge in [-0.3, -0.25) is 0 Å². The molecule has 0 bridgehead atoms. The number of rotatable bonds is 5. The Morgan fingerprint density at radius 1 is 1.44 bits per heavy atom. The highest BCUT2D eigenvalue weighted by Crippen LogP contribution is 2.01. The summed E-state index contributed by atoms with van der Waals surface area (Å²) in [5.41, 5.74) is 0.940. The minimum atomic E-state index is -0.496. The van der Waals surface area contributed by atoms with Crippen molar-refractivity contribution in [3.05, 3.63) is 35.9 Å². The van der Waals surface area contributed by atoms with Crippen LogP contribution in [0.25, 0.3) is 0 Å². The SMILES string of the molecule is CC[C@H](CO)NC(=O)OCc1ccccc1. The minimum absolute atomic E-state index is 0.0725. The normalized spacial score (nSPS) is 11.9. The predicted molar refractivity (Wildman–Crippen MR) is 60.9 cm³/mol. The van der Waals surface area contributed by atoms with Crippen LogP contribution in [0, 0.1) is 0 Å². The standard InChI is InChI=1S/C12H17NO3/c1-2-11(8-14)13-12(15)16-9-10-6-4-3-5-7-10/h3-7,11,14H,2,8-9H2,1H3,(H,13,15)/t11-/m1/s1. The first-order valence-electron chi connectivity index (χ1n) is 5.34. The van der Waals surface area contributed by atoms with Gasteiger partial charge >= 0.3 is 6.09 Å². The van der Waals surface area contributed by atoms with Gasteiger partial charge < -0.3 is 15.2 Å². The Morgan fingerprint density at radius 3 is 2.69 bits per heavy atom. The third-order valence-electron chi connectivity index (χ3n) is 2.25. The Bertz CT molecular complexity index is 309. The fraction of sp³-hybridized carbons (Fsp3) is 0.417. The number of hydrogen-bond donors (Lipinski definition) is 2. The first kappa shape index (κ1) is 12.5. The van der Waals surface area contributed by atoms with E-state index in [9.17, 15) is 4.79 Å². The summed E-state index contributed by atoms with van der Waals surface area (Å²) in [6, 6.07) is 9.22. The maximum Gasteiger partial charge on any atom is 0.407 e. The molecule has 1 aromatic carbocycles. The van der Waals surface area contributed by atoms with Crippen LogP contribution in [0.5, 0.6) is 0 Å². The number of benzene rings is 1. The molecule has 0 aromatic heterocycles. The highest BCUT2D eigenvalue weighted by atomic mass is 16.5. The van der Waals surface area contributed by atoms with E-state index in [1.54, 1.807) is 0 Å². The van der Waals surface area contributed by atoms with Gasteiger partial charge in [0.25, 0.3) is 0 Å². The Balaban J connectivity index is 2.30. The zero-order chi connectivity index (χ0) is 11.8. The molecule has 88 valence electrons. The van der Waals surface area contributed by atoms with E-state index in [0.717, 1.165) is 5.56 Å². The molecule has 0 heterocycles. The lowest BCUT2D eigenvalue weighted by Crippen LogP contribution is -2.37. The van der Waals surface area contributed by atoms with Gasteiger partial charge in [-0.25, -0.2) is 4.79 Å². The first-order chi connectivity index (χ1) is 7.76. The summed E-state index contributed by atoms with van der Waals surface area (Å²) in [4.78, 5) is 11.3. The second-order valence-corrected chi connectivity index (χ2v) is 3.49. The first-order valence-corrected chi connectivity index (χ1v) is 5.34. The molecule has 0 fully saturated rings. The van der Waals surface area contributed by atoms with Gasteiger partial charge in [-0.05, 0) is 12.0 Å². The molecular weight excluding hydrogens is 206 g/mol. The Labute approximate surface area is 95.2 Å². The van der Waals surface area contributed by atoms with Gasteiger partial charge in [-0.15, -0.1) is 0 Å². The van der Waals surface area contributed by atoms with E-state index in [1.165, 1.54) is 0 Å². The van der Waals surface area contributed by atoms with Crippen LogP contribution in [0.2, 0.25) is 0 Å². The molecule has 1 amide bonds. The number of nitrogens with one attached hydrogen (secondary N) is 1. The molecule has 4 heteroatoms. The third-order valence-corrected chi connectivity index (χ3v) is 2.25. The van der Waals surface area contributed by atoms with Crippen molar-refractivity contribution in [2.45, 2.75) is 26.0 Å². The van der Waals surface area contributed by atoms with Gasteiger partial charge in [0.05, 0.1) is 12.6 Å². The van der Waals surface area contributed by atoms with Crippen molar-refractivity contribution in [3.63, 3.8) is 0 Å². The van der Waals surface area contributed by atoms with E-state index >= 15 is 0 Å². The molecule has 2 N–H and O–H groups in total. The molecule has 1 atom stereocenters. The summed E-state index contributed by atoms with van der Waals surface area (Å²) >= 11 is 0. The number of alkyl carbamates (subject to hydrolysis) is 1. The maximum atomic E-state index is 11.3. The van der Waals surface area contributed by atoms with E-state index in [-0.39, 0.29) is 19.3 Å². The predicted octanol–water partition coefficient (Wildman–Crippen LogP) is 1.68. The molecule has 1 aromatic rings. The van der Waals surface area contributed by atoms with Crippen LogP contribution in [0.3, 0.4) is 0 Å². The van der Waals surface area contributed by atoms with Crippen molar-refractivity contribution < 1.29 is 14.6 Å². The molecule has 0 radical (unpaired) electrons.